The van der Waals surface area contributed by atoms with Crippen molar-refractivity contribution in [2.24, 2.45) is 0 Å². The molecule has 0 unspecified atom stereocenters. The van der Waals surface area contributed by atoms with Crippen molar-refractivity contribution in [3.8, 4) is 0 Å². The molecule has 1 N–H and O–H groups in total. The van der Waals surface area contributed by atoms with Gasteiger partial charge in [-0.3, -0.25) is 0 Å². The van der Waals surface area contributed by atoms with Crippen LogP contribution in [0.3, 0.4) is 0 Å². The Hall–Kier alpha value is 0.0483. The number of rotatable bonds is 0. The van der Waals surface area contributed by atoms with Gasteiger partial charge in [0.2, 0.25) is 0 Å². The second-order valence-corrected chi connectivity index (χ2v) is 1.52. The van der Waals surface area contributed by atoms with E-state index in [0.717, 1.165) is 0 Å². The molecule has 0 fully saturated rings. The van der Waals surface area contributed by atoms with Gasteiger partial charge in [-0.05, 0) is 6.92 Å². The molecule has 0 aromatic rings. The van der Waals surface area contributed by atoms with Crippen LogP contribution in [0.25, 0.3) is 0 Å². The van der Waals surface area contributed by atoms with Crippen LogP contribution in [0.1, 0.15) is 6.92 Å². The Kier molecular flexibility index (Phi) is 13.6. The van der Waals surface area contributed by atoms with E-state index in [2.05, 4.69) is 0 Å². The van der Waals surface area contributed by atoms with Gasteiger partial charge in [-0.2, -0.15) is 0 Å². The molecule has 0 spiro atoms. The fourth-order valence-corrected chi connectivity index (χ4v) is 0. The molecule has 44 valence electrons. The molecule has 0 aliphatic rings. The molecule has 0 saturated carbocycles. The van der Waals surface area contributed by atoms with Crippen molar-refractivity contribution >= 4 is 0 Å². The number of aliphatic hydroxyl groups is 1. The first kappa shape index (κ1) is 10.1. The predicted molar refractivity (Wildman–Crippen MR) is 14.8 cm³/mol. The molecule has 0 heterocycles. The van der Waals surface area contributed by atoms with Crippen LogP contribution in [0.5, 0.6) is 0 Å². The van der Waals surface area contributed by atoms with Crippen molar-refractivity contribution in [1.82, 2.24) is 0 Å². The van der Waals surface area contributed by atoms with Crippen LogP contribution in [0.15, 0.2) is 0 Å². The molecule has 0 aromatic heterocycles. The monoisotopic (exact) mass is 192 g/mol. The van der Waals surface area contributed by atoms with Crippen molar-refractivity contribution in [3.05, 3.63) is 0 Å². The minimum atomic E-state index is -4.11. The second kappa shape index (κ2) is 9.41. The summed E-state index contributed by atoms with van der Waals surface area (Å²) in [4.78, 5) is 0. The molecule has 0 aliphatic carbocycles. The van der Waals surface area contributed by atoms with Gasteiger partial charge in [0.05, 0.1) is 0 Å². The third-order valence-corrected chi connectivity index (χ3v) is 0. The summed E-state index contributed by atoms with van der Waals surface area (Å²) >= 11 is -4.11. The molecule has 0 rings (SSSR count). The molecule has 0 amide bonds. The molecule has 7 heavy (non-hydrogen) atoms. The zero-order chi connectivity index (χ0) is 6.28. The average Bonchev–Trinajstić information content (AvgIpc) is 1.33. The number of hydrogen-bond donors (Lipinski definition) is 1. The van der Waals surface area contributed by atoms with Crippen LogP contribution in [0.4, 0.5) is 0 Å². The second-order valence-electron chi connectivity index (χ2n) is 0.520. The summed E-state index contributed by atoms with van der Waals surface area (Å²) in [5, 5.41) is 7.57. The van der Waals surface area contributed by atoms with E-state index in [-0.39, 0.29) is 6.61 Å². The summed E-state index contributed by atoms with van der Waals surface area (Å²) in [7, 11) is 0. The van der Waals surface area contributed by atoms with Gasteiger partial charge in [0.15, 0.2) is 0 Å². The maximum absolute atomic E-state index is 8.59. The van der Waals surface area contributed by atoms with Crippen molar-refractivity contribution in [2.45, 2.75) is 6.92 Å². The third-order valence-electron chi connectivity index (χ3n) is 0. The molecule has 0 atom stereocenters. The summed E-state index contributed by atoms with van der Waals surface area (Å²) in [5.41, 5.74) is 0. The molecule has 0 saturated heterocycles. The van der Waals surface area contributed by atoms with Gasteiger partial charge in [0.1, 0.15) is 0 Å². The Morgan fingerprint density at radius 2 is 1.43 bits per heavy atom. The SMILES string of the molecule is CCO.[O]=[Mo](=[O])=[O]. The van der Waals surface area contributed by atoms with Gasteiger partial charge >= 0.3 is 27.4 Å². The van der Waals surface area contributed by atoms with Crippen LogP contribution in [-0.2, 0) is 27.4 Å². The molecule has 5 heteroatoms. The summed E-state index contributed by atoms with van der Waals surface area (Å²) in [6, 6.07) is 0. The van der Waals surface area contributed by atoms with Gasteiger partial charge in [-0.1, -0.05) is 0 Å². The predicted octanol–water partition coefficient (Wildman–Crippen LogP) is -0.360. The van der Waals surface area contributed by atoms with Gasteiger partial charge < -0.3 is 5.11 Å². The van der Waals surface area contributed by atoms with Crippen LogP contribution in [0.2, 0.25) is 0 Å². The average molecular weight is 190 g/mol. The Morgan fingerprint density at radius 3 is 1.43 bits per heavy atom. The zero-order valence-electron chi connectivity index (χ0n) is 3.79. The normalized spacial score (nSPS) is 6.00. The number of aliphatic hydroxyl groups excluding tert-OH is 1. The molecule has 0 bridgehead atoms. The van der Waals surface area contributed by atoms with Crippen molar-refractivity contribution in [3.63, 3.8) is 0 Å². The van der Waals surface area contributed by atoms with Gasteiger partial charge in [-0.15, -0.1) is 0 Å². The molecule has 0 aromatic carbocycles. The Balaban J connectivity index is 0. The zero-order valence-corrected chi connectivity index (χ0v) is 5.79. The van der Waals surface area contributed by atoms with E-state index in [9.17, 15) is 0 Å². The maximum atomic E-state index is 8.59. The molecular formula is C2H6MoO4. The Morgan fingerprint density at radius 1 is 1.43 bits per heavy atom. The first-order chi connectivity index (χ1) is 3.15. The van der Waals surface area contributed by atoms with E-state index in [1.54, 1.807) is 6.92 Å². The standard InChI is InChI=1S/C2H6O.Mo.3O/c1-2-3;;;;/h3H,2H2,1H3;;;;. The summed E-state index contributed by atoms with van der Waals surface area (Å²) in [5.74, 6) is 0. The van der Waals surface area contributed by atoms with Crippen molar-refractivity contribution < 1.29 is 32.5 Å². The summed E-state index contributed by atoms with van der Waals surface area (Å²) in [6.45, 7) is 1.93. The molecule has 0 aliphatic heterocycles. The number of hydrogen-bond acceptors (Lipinski definition) is 4. The summed E-state index contributed by atoms with van der Waals surface area (Å²) in [6.07, 6.45) is 0. The minimum absolute atomic E-state index is 0.250. The van der Waals surface area contributed by atoms with Crippen LogP contribution >= 0.6 is 0 Å². The van der Waals surface area contributed by atoms with Crippen LogP contribution in [0, 0.1) is 0 Å². The van der Waals surface area contributed by atoms with Gasteiger partial charge in [-0.25, -0.2) is 0 Å². The van der Waals surface area contributed by atoms with E-state index >= 15 is 0 Å². The Labute approximate surface area is 46.6 Å². The quantitative estimate of drug-likeness (QED) is 0.529. The topological polar surface area (TPSA) is 71.4 Å². The fourth-order valence-electron chi connectivity index (χ4n) is 0. The third kappa shape index (κ3) is 42500. The van der Waals surface area contributed by atoms with Crippen LogP contribution < -0.4 is 0 Å². The molecule has 4 nitrogen and oxygen atoms in total. The molecule has 0 radical (unpaired) electrons. The summed E-state index contributed by atoms with van der Waals surface area (Å²) < 4.78 is 25.8. The first-order valence-electron chi connectivity index (χ1n) is 1.52. The van der Waals surface area contributed by atoms with Crippen LogP contribution in [-0.4, -0.2) is 11.7 Å². The van der Waals surface area contributed by atoms with E-state index in [0.29, 0.717) is 0 Å². The van der Waals surface area contributed by atoms with E-state index in [4.69, 9.17) is 15.3 Å². The Bertz CT molecular complexity index is 89.9. The fraction of sp³-hybridized carbons (Fsp3) is 1.00. The molecular weight excluding hydrogens is 184 g/mol. The van der Waals surface area contributed by atoms with Gasteiger partial charge in [0.25, 0.3) is 0 Å². The first-order valence-corrected chi connectivity index (χ1v) is 3.98. The van der Waals surface area contributed by atoms with E-state index in [1.807, 2.05) is 0 Å². The van der Waals surface area contributed by atoms with Gasteiger partial charge in [0, 0.05) is 6.61 Å². The van der Waals surface area contributed by atoms with E-state index in [1.165, 1.54) is 0 Å². The van der Waals surface area contributed by atoms with E-state index < -0.39 is 17.2 Å². The van der Waals surface area contributed by atoms with Crippen molar-refractivity contribution in [2.75, 3.05) is 6.61 Å². The van der Waals surface area contributed by atoms with Crippen molar-refractivity contribution in [1.29, 1.82) is 0 Å².